The fraction of sp³-hybridized carbons (Fsp3) is 0.905. The van der Waals surface area contributed by atoms with Crippen LogP contribution in [-0.4, -0.2) is 61.2 Å². The van der Waals surface area contributed by atoms with Gasteiger partial charge in [0.15, 0.2) is 5.96 Å². The Balaban J connectivity index is 0.00000280. The Morgan fingerprint density at radius 1 is 1.18 bits per heavy atom. The highest BCUT2D eigenvalue weighted by atomic mass is 127. The van der Waals surface area contributed by atoms with E-state index < -0.39 is 0 Å². The molecule has 1 spiro atoms. The van der Waals surface area contributed by atoms with Crippen LogP contribution in [0.3, 0.4) is 0 Å². The summed E-state index contributed by atoms with van der Waals surface area (Å²) in [6.45, 7) is 9.31. The predicted octanol–water partition coefficient (Wildman–Crippen LogP) is 3.30. The number of halogens is 1. The van der Waals surface area contributed by atoms with Gasteiger partial charge >= 0.3 is 0 Å². The molecule has 2 N–H and O–H groups in total. The molecule has 7 heteroatoms. The van der Waals surface area contributed by atoms with Gasteiger partial charge in [-0.25, -0.2) is 0 Å². The van der Waals surface area contributed by atoms with E-state index in [1.165, 1.54) is 32.1 Å². The van der Waals surface area contributed by atoms with Crippen LogP contribution < -0.4 is 10.6 Å². The van der Waals surface area contributed by atoms with Crippen molar-refractivity contribution in [3.8, 4) is 0 Å². The van der Waals surface area contributed by atoms with Crippen LogP contribution >= 0.6 is 24.0 Å². The van der Waals surface area contributed by atoms with E-state index >= 15 is 0 Å². The van der Waals surface area contributed by atoms with Gasteiger partial charge in [0.05, 0.1) is 6.10 Å². The molecular formula is C21H39IN4O2. The molecule has 3 fully saturated rings. The van der Waals surface area contributed by atoms with E-state index in [9.17, 15) is 4.79 Å². The van der Waals surface area contributed by atoms with Crippen LogP contribution in [0.25, 0.3) is 0 Å². The van der Waals surface area contributed by atoms with Crippen molar-refractivity contribution in [2.75, 3.05) is 26.2 Å². The number of carbonyl (C=O) groups is 1. The summed E-state index contributed by atoms with van der Waals surface area (Å²) in [7, 11) is 0. The summed E-state index contributed by atoms with van der Waals surface area (Å²) >= 11 is 0. The monoisotopic (exact) mass is 506 g/mol. The Labute approximate surface area is 187 Å². The maximum absolute atomic E-state index is 11.9. The van der Waals surface area contributed by atoms with Crippen LogP contribution in [0.5, 0.6) is 0 Å². The van der Waals surface area contributed by atoms with Gasteiger partial charge in [-0.1, -0.05) is 26.2 Å². The zero-order valence-corrected chi connectivity index (χ0v) is 20.2. The molecule has 1 amide bonds. The number of nitrogens with zero attached hydrogens (tertiary/aromatic N) is 2. The molecule has 1 aliphatic heterocycles. The van der Waals surface area contributed by atoms with Crippen LogP contribution in [0.1, 0.15) is 72.1 Å². The van der Waals surface area contributed by atoms with E-state index in [1.54, 1.807) is 0 Å². The topological polar surface area (TPSA) is 66.0 Å². The molecule has 3 atom stereocenters. The molecule has 6 nitrogen and oxygen atoms in total. The minimum absolute atomic E-state index is 0. The second-order valence-electron chi connectivity index (χ2n) is 8.32. The number of rotatable bonds is 6. The van der Waals surface area contributed by atoms with Crippen LogP contribution in [0.2, 0.25) is 0 Å². The molecule has 0 aromatic rings. The van der Waals surface area contributed by atoms with Crippen LogP contribution in [0.15, 0.2) is 4.99 Å². The molecule has 1 saturated heterocycles. The van der Waals surface area contributed by atoms with E-state index in [4.69, 9.17) is 9.73 Å². The highest BCUT2D eigenvalue weighted by Crippen LogP contribution is 2.53. The first-order valence-corrected chi connectivity index (χ1v) is 11.1. The summed E-state index contributed by atoms with van der Waals surface area (Å²) in [5.41, 5.74) is 0.282. The lowest BCUT2D eigenvalue weighted by molar-refractivity contribution is -0.145. The van der Waals surface area contributed by atoms with E-state index in [-0.39, 0.29) is 35.3 Å². The van der Waals surface area contributed by atoms with E-state index in [0.29, 0.717) is 24.6 Å². The first-order chi connectivity index (χ1) is 13.1. The summed E-state index contributed by atoms with van der Waals surface area (Å²) in [5.74, 6) is 1.17. The summed E-state index contributed by atoms with van der Waals surface area (Å²) in [5, 5.41) is 7.34. The van der Waals surface area contributed by atoms with Crippen molar-refractivity contribution in [1.82, 2.24) is 15.5 Å². The lowest BCUT2D eigenvalue weighted by Crippen LogP contribution is -2.67. The smallest absolute Gasteiger partial charge is 0.222 e. The van der Waals surface area contributed by atoms with Crippen molar-refractivity contribution in [2.24, 2.45) is 10.4 Å². The van der Waals surface area contributed by atoms with E-state index in [0.717, 1.165) is 45.0 Å². The largest absolute Gasteiger partial charge is 0.378 e. The standard InChI is InChI=1S/C21H38N4O2.HI/c1-4-19(26)25-13-10-16(15-25)23-20(22-5-2)24-17-14-18(27-6-3)21(17)11-8-7-9-12-21;/h16-18H,4-15H2,1-3H3,(H2,22,23,24);1H. The third-order valence-electron chi connectivity index (χ3n) is 6.75. The Kier molecular flexibility index (Phi) is 9.31. The minimum Gasteiger partial charge on any atom is -0.378 e. The number of nitrogens with one attached hydrogen (secondary N) is 2. The predicted molar refractivity (Wildman–Crippen MR) is 124 cm³/mol. The number of carbonyl (C=O) groups excluding carboxylic acids is 1. The lowest BCUT2D eigenvalue weighted by atomic mass is 9.55. The first kappa shape index (κ1) is 23.7. The number of guanidine groups is 1. The Morgan fingerprint density at radius 2 is 1.93 bits per heavy atom. The molecule has 3 rings (SSSR count). The SMILES string of the molecule is CCN=C(NC1CCN(C(=O)CC)C1)NC1CC(OCC)C12CCCCC2.I. The summed E-state index contributed by atoms with van der Waals surface area (Å²) in [6, 6.07) is 0.741. The highest BCUT2D eigenvalue weighted by Gasteiger charge is 2.56. The first-order valence-electron chi connectivity index (χ1n) is 11.1. The normalized spacial score (nSPS) is 29.2. The van der Waals surface area contributed by atoms with Gasteiger partial charge in [-0.15, -0.1) is 24.0 Å². The van der Waals surface area contributed by atoms with E-state index in [2.05, 4.69) is 24.5 Å². The highest BCUT2D eigenvalue weighted by molar-refractivity contribution is 14.0. The zero-order valence-electron chi connectivity index (χ0n) is 17.8. The Hall–Kier alpha value is -0.570. The molecule has 0 bridgehead atoms. The van der Waals surface area contributed by atoms with Crippen molar-refractivity contribution >= 4 is 35.8 Å². The van der Waals surface area contributed by atoms with Crippen molar-refractivity contribution in [3.63, 3.8) is 0 Å². The van der Waals surface area contributed by atoms with Gasteiger partial charge in [-0.3, -0.25) is 9.79 Å². The number of hydrogen-bond acceptors (Lipinski definition) is 3. The minimum atomic E-state index is 0. The van der Waals surface area contributed by atoms with Crippen molar-refractivity contribution in [2.45, 2.75) is 90.3 Å². The fourth-order valence-electron chi connectivity index (χ4n) is 5.24. The van der Waals surface area contributed by atoms with Gasteiger partial charge < -0.3 is 20.3 Å². The van der Waals surface area contributed by atoms with Gasteiger partial charge in [0.1, 0.15) is 0 Å². The molecule has 162 valence electrons. The van der Waals surface area contributed by atoms with Gasteiger partial charge in [-0.05, 0) is 39.5 Å². The number of likely N-dealkylation sites (tertiary alicyclic amines) is 1. The number of ether oxygens (including phenoxy) is 1. The number of aliphatic imine (C=N–C) groups is 1. The quantitative estimate of drug-likeness (QED) is 0.330. The van der Waals surface area contributed by atoms with Crippen LogP contribution in [0, 0.1) is 5.41 Å². The summed E-state index contributed by atoms with van der Waals surface area (Å²) in [6.07, 6.45) is 9.55. The lowest BCUT2D eigenvalue weighted by Gasteiger charge is -2.58. The van der Waals surface area contributed by atoms with Crippen LogP contribution in [0.4, 0.5) is 0 Å². The molecule has 3 aliphatic rings. The number of amides is 1. The summed E-state index contributed by atoms with van der Waals surface area (Å²) < 4.78 is 6.08. The maximum Gasteiger partial charge on any atom is 0.222 e. The third-order valence-corrected chi connectivity index (χ3v) is 6.75. The Morgan fingerprint density at radius 3 is 2.57 bits per heavy atom. The fourth-order valence-corrected chi connectivity index (χ4v) is 5.24. The molecular weight excluding hydrogens is 467 g/mol. The molecule has 1 heterocycles. The van der Waals surface area contributed by atoms with Gasteiger partial charge in [0.25, 0.3) is 0 Å². The molecule has 0 radical (unpaired) electrons. The van der Waals surface area contributed by atoms with Gasteiger partial charge in [0, 0.05) is 50.2 Å². The second-order valence-corrected chi connectivity index (χ2v) is 8.32. The molecule has 2 aliphatic carbocycles. The molecule has 2 saturated carbocycles. The van der Waals surface area contributed by atoms with Gasteiger partial charge in [0.2, 0.25) is 5.91 Å². The average Bonchev–Trinajstić information content (AvgIpc) is 3.16. The van der Waals surface area contributed by atoms with Crippen molar-refractivity contribution in [3.05, 3.63) is 0 Å². The van der Waals surface area contributed by atoms with E-state index in [1.807, 2.05) is 11.8 Å². The number of hydrogen-bond donors (Lipinski definition) is 2. The maximum atomic E-state index is 11.9. The van der Waals surface area contributed by atoms with Crippen LogP contribution in [-0.2, 0) is 9.53 Å². The molecule has 0 aromatic heterocycles. The molecule has 0 aromatic carbocycles. The molecule has 3 unspecified atom stereocenters. The molecule has 28 heavy (non-hydrogen) atoms. The van der Waals surface area contributed by atoms with Crippen molar-refractivity contribution in [1.29, 1.82) is 0 Å². The second kappa shape index (κ2) is 11.0. The van der Waals surface area contributed by atoms with Gasteiger partial charge in [-0.2, -0.15) is 0 Å². The third kappa shape index (κ3) is 5.12. The van der Waals surface area contributed by atoms with Crippen molar-refractivity contribution < 1.29 is 9.53 Å². The summed E-state index contributed by atoms with van der Waals surface area (Å²) in [4.78, 5) is 18.6. The Bertz CT molecular complexity index is 536. The average molecular weight is 506 g/mol. The zero-order chi connectivity index (χ0) is 19.3.